The first kappa shape index (κ1) is 11.7. The topological polar surface area (TPSA) is 44.1 Å². The van der Waals surface area contributed by atoms with Crippen LogP contribution in [0.3, 0.4) is 0 Å². The maximum atomic E-state index is 12.0. The number of nitrogens with zero attached hydrogens (tertiary/aromatic N) is 2. The van der Waals surface area contributed by atoms with E-state index in [1.165, 1.54) is 0 Å². The van der Waals surface area contributed by atoms with Crippen LogP contribution in [0.15, 0.2) is 24.3 Å². The number of para-hydroxylation sites is 1. The molecule has 1 saturated heterocycles. The minimum absolute atomic E-state index is 0.247. The summed E-state index contributed by atoms with van der Waals surface area (Å²) >= 11 is 0. The van der Waals surface area contributed by atoms with Gasteiger partial charge in [0.1, 0.15) is 6.07 Å². The van der Waals surface area contributed by atoms with Gasteiger partial charge in [-0.05, 0) is 32.4 Å². The third-order valence-electron chi connectivity index (χ3n) is 3.46. The van der Waals surface area contributed by atoms with E-state index in [1.807, 2.05) is 32.0 Å². The van der Waals surface area contributed by atoms with E-state index in [-0.39, 0.29) is 5.78 Å². The van der Waals surface area contributed by atoms with Gasteiger partial charge in [-0.3, -0.25) is 4.79 Å². The Morgan fingerprint density at radius 3 is 2.76 bits per heavy atom. The lowest BCUT2D eigenvalue weighted by atomic mass is 9.88. The van der Waals surface area contributed by atoms with Crippen LogP contribution >= 0.6 is 0 Å². The Morgan fingerprint density at radius 1 is 1.35 bits per heavy atom. The zero-order valence-electron chi connectivity index (χ0n) is 10.2. The van der Waals surface area contributed by atoms with E-state index in [0.29, 0.717) is 12.0 Å². The third-order valence-corrected chi connectivity index (χ3v) is 3.46. The molecule has 0 N–H and O–H groups in total. The molecule has 1 aliphatic rings. The van der Waals surface area contributed by atoms with Crippen molar-refractivity contribution in [3.05, 3.63) is 29.8 Å². The van der Waals surface area contributed by atoms with Crippen LogP contribution in [0.4, 0.5) is 5.69 Å². The predicted octanol–water partition coefficient (Wildman–Crippen LogP) is 2.51. The van der Waals surface area contributed by atoms with Gasteiger partial charge in [-0.15, -0.1) is 0 Å². The number of anilines is 1. The predicted molar refractivity (Wildman–Crippen MR) is 66.8 cm³/mol. The molecule has 88 valence electrons. The average molecular weight is 228 g/mol. The molecule has 0 aliphatic carbocycles. The van der Waals surface area contributed by atoms with Gasteiger partial charge < -0.3 is 4.90 Å². The Kier molecular flexibility index (Phi) is 2.89. The Morgan fingerprint density at radius 2 is 2.06 bits per heavy atom. The summed E-state index contributed by atoms with van der Waals surface area (Å²) in [6.07, 6.45) is 1.50. The van der Waals surface area contributed by atoms with Crippen LogP contribution in [0.2, 0.25) is 0 Å². The molecule has 0 radical (unpaired) electrons. The number of carbonyl (C=O) groups excluding carboxylic acids is 1. The molecule has 0 unspecified atom stereocenters. The number of ketones is 1. The summed E-state index contributed by atoms with van der Waals surface area (Å²) in [4.78, 5) is 14.0. The summed E-state index contributed by atoms with van der Waals surface area (Å²) in [7, 11) is 0. The molecule has 0 spiro atoms. The molecular formula is C14H16N2O. The monoisotopic (exact) mass is 228 g/mol. The Bertz CT molecular complexity index is 485. The molecule has 0 bridgehead atoms. The number of hydrogen-bond donors (Lipinski definition) is 0. The van der Waals surface area contributed by atoms with E-state index in [1.54, 1.807) is 6.07 Å². The highest BCUT2D eigenvalue weighted by molar-refractivity contribution is 5.92. The molecule has 0 atom stereocenters. The second-order valence-electron chi connectivity index (χ2n) is 4.87. The maximum Gasteiger partial charge on any atom is 0.157 e. The first-order valence-electron chi connectivity index (χ1n) is 5.87. The van der Waals surface area contributed by atoms with Crippen LogP contribution in [0.1, 0.15) is 32.3 Å². The lowest BCUT2D eigenvalue weighted by Crippen LogP contribution is -2.54. The number of hydrogen-bond acceptors (Lipinski definition) is 3. The number of nitriles is 1. The first-order valence-corrected chi connectivity index (χ1v) is 5.87. The number of carbonyl (C=O) groups is 1. The zero-order chi connectivity index (χ0) is 12.5. The van der Waals surface area contributed by atoms with Crippen molar-refractivity contribution in [1.82, 2.24) is 0 Å². The summed E-state index contributed by atoms with van der Waals surface area (Å²) in [5.41, 5.74) is 0.994. The van der Waals surface area contributed by atoms with Gasteiger partial charge in [0, 0.05) is 13.0 Å². The zero-order valence-corrected chi connectivity index (χ0v) is 10.2. The average Bonchev–Trinajstić information content (AvgIpc) is 2.33. The molecule has 1 aromatic rings. The summed E-state index contributed by atoms with van der Waals surface area (Å²) in [5, 5.41) is 9.12. The second kappa shape index (κ2) is 4.21. The van der Waals surface area contributed by atoms with Crippen molar-refractivity contribution in [3.63, 3.8) is 0 Å². The molecule has 1 fully saturated rings. The van der Waals surface area contributed by atoms with Gasteiger partial charge in [0.05, 0.1) is 16.8 Å². The van der Waals surface area contributed by atoms with Crippen LogP contribution in [0, 0.1) is 11.3 Å². The molecule has 3 heteroatoms. The van der Waals surface area contributed by atoms with Crippen molar-refractivity contribution in [2.24, 2.45) is 0 Å². The van der Waals surface area contributed by atoms with E-state index >= 15 is 0 Å². The van der Waals surface area contributed by atoms with E-state index in [2.05, 4.69) is 11.0 Å². The standard InChI is InChI=1S/C14H16N2O/c1-14(2)13(17)8-5-9-16(14)12-7-4-3-6-11(12)10-15/h3-4,6-7H,5,8-9H2,1-2H3. The molecule has 1 heterocycles. The van der Waals surface area contributed by atoms with Crippen molar-refractivity contribution < 1.29 is 4.79 Å². The maximum absolute atomic E-state index is 12.0. The molecule has 2 rings (SSSR count). The fraction of sp³-hybridized carbons (Fsp3) is 0.429. The number of Topliss-reactive ketones (excluding diaryl/α,β-unsaturated/α-hetero) is 1. The van der Waals surface area contributed by atoms with E-state index < -0.39 is 5.54 Å². The van der Waals surface area contributed by atoms with Gasteiger partial charge in [-0.1, -0.05) is 12.1 Å². The Hall–Kier alpha value is -1.82. The lowest BCUT2D eigenvalue weighted by Gasteiger charge is -2.43. The van der Waals surface area contributed by atoms with Gasteiger partial charge in [0.15, 0.2) is 5.78 Å². The van der Waals surface area contributed by atoms with Gasteiger partial charge in [-0.2, -0.15) is 5.26 Å². The Balaban J connectivity index is 2.46. The molecular weight excluding hydrogens is 212 g/mol. The smallest absolute Gasteiger partial charge is 0.157 e. The van der Waals surface area contributed by atoms with E-state index in [4.69, 9.17) is 5.26 Å². The van der Waals surface area contributed by atoms with E-state index in [0.717, 1.165) is 18.7 Å². The van der Waals surface area contributed by atoms with Gasteiger partial charge in [0.25, 0.3) is 0 Å². The second-order valence-corrected chi connectivity index (χ2v) is 4.87. The van der Waals surface area contributed by atoms with Gasteiger partial charge in [0.2, 0.25) is 0 Å². The lowest BCUT2D eigenvalue weighted by molar-refractivity contribution is -0.124. The van der Waals surface area contributed by atoms with Crippen molar-refractivity contribution in [3.8, 4) is 6.07 Å². The summed E-state index contributed by atoms with van der Waals surface area (Å²) in [6.45, 7) is 4.70. The highest BCUT2D eigenvalue weighted by Gasteiger charge is 2.37. The minimum atomic E-state index is -0.509. The van der Waals surface area contributed by atoms with Crippen LogP contribution in [-0.2, 0) is 4.79 Å². The van der Waals surface area contributed by atoms with Crippen molar-refractivity contribution in [2.45, 2.75) is 32.2 Å². The quantitative estimate of drug-likeness (QED) is 0.741. The van der Waals surface area contributed by atoms with Crippen molar-refractivity contribution in [2.75, 3.05) is 11.4 Å². The molecule has 0 saturated carbocycles. The van der Waals surface area contributed by atoms with Gasteiger partial charge >= 0.3 is 0 Å². The van der Waals surface area contributed by atoms with Crippen molar-refractivity contribution in [1.29, 1.82) is 5.26 Å². The van der Waals surface area contributed by atoms with Crippen molar-refractivity contribution >= 4 is 11.5 Å². The Labute approximate surface area is 102 Å². The number of rotatable bonds is 1. The highest BCUT2D eigenvalue weighted by atomic mass is 16.1. The number of piperidine rings is 1. The molecule has 1 aromatic carbocycles. The summed E-state index contributed by atoms with van der Waals surface area (Å²) < 4.78 is 0. The molecule has 17 heavy (non-hydrogen) atoms. The molecule has 1 aliphatic heterocycles. The summed E-state index contributed by atoms with van der Waals surface area (Å²) in [5.74, 6) is 0.247. The fourth-order valence-corrected chi connectivity index (χ4v) is 2.36. The first-order chi connectivity index (χ1) is 8.07. The summed E-state index contributed by atoms with van der Waals surface area (Å²) in [6, 6.07) is 9.66. The normalized spacial score (nSPS) is 18.9. The largest absolute Gasteiger partial charge is 0.358 e. The van der Waals surface area contributed by atoms with Gasteiger partial charge in [-0.25, -0.2) is 0 Å². The number of benzene rings is 1. The minimum Gasteiger partial charge on any atom is -0.358 e. The molecule has 0 amide bonds. The molecule has 0 aromatic heterocycles. The third kappa shape index (κ3) is 1.91. The molecule has 3 nitrogen and oxygen atoms in total. The highest BCUT2D eigenvalue weighted by Crippen LogP contribution is 2.32. The van der Waals surface area contributed by atoms with Crippen LogP contribution < -0.4 is 4.90 Å². The van der Waals surface area contributed by atoms with Crippen LogP contribution in [-0.4, -0.2) is 17.9 Å². The fourth-order valence-electron chi connectivity index (χ4n) is 2.36. The van der Waals surface area contributed by atoms with Crippen LogP contribution in [0.25, 0.3) is 0 Å². The SMILES string of the molecule is CC1(C)C(=O)CCCN1c1ccccc1C#N. The van der Waals surface area contributed by atoms with Crippen LogP contribution in [0.5, 0.6) is 0 Å². The van der Waals surface area contributed by atoms with E-state index in [9.17, 15) is 4.79 Å².